The van der Waals surface area contributed by atoms with E-state index in [1.54, 1.807) is 6.20 Å². The topological polar surface area (TPSA) is 77.7 Å². The van der Waals surface area contributed by atoms with E-state index in [1.165, 1.54) is 11.8 Å². The van der Waals surface area contributed by atoms with E-state index in [0.717, 1.165) is 46.2 Å². The molecule has 6 rings (SSSR count). The van der Waals surface area contributed by atoms with Crippen LogP contribution in [0.2, 0.25) is 0 Å². The molecule has 2 aliphatic heterocycles. The zero-order valence-corrected chi connectivity index (χ0v) is 19.3. The number of carbonyl (C=O) groups is 1. The molecular weight excluding hydrogens is 450 g/mol. The van der Waals surface area contributed by atoms with Crippen molar-refractivity contribution >= 4 is 28.8 Å². The highest BCUT2D eigenvalue weighted by Crippen LogP contribution is 2.38. The quantitative estimate of drug-likeness (QED) is 0.405. The largest absolute Gasteiger partial charge is 0.486 e. The number of rotatable bonds is 4. The fraction of sp³-hybridized carbons (Fsp3) is 0.269. The molecule has 34 heavy (non-hydrogen) atoms. The zero-order chi connectivity index (χ0) is 22.9. The Morgan fingerprint density at radius 1 is 0.971 bits per heavy atom. The summed E-state index contributed by atoms with van der Waals surface area (Å²) in [5.41, 5.74) is 2.31. The van der Waals surface area contributed by atoms with E-state index in [1.807, 2.05) is 59.5 Å². The first-order valence-corrected chi connectivity index (χ1v) is 12.2. The van der Waals surface area contributed by atoms with Gasteiger partial charge in [0.25, 0.3) is 5.91 Å². The summed E-state index contributed by atoms with van der Waals surface area (Å²) in [7, 11) is 0. The molecule has 7 nitrogen and oxygen atoms in total. The van der Waals surface area contributed by atoms with E-state index in [9.17, 15) is 4.79 Å². The molecular formula is C26H23N3O4S. The fourth-order valence-corrected chi connectivity index (χ4v) is 5.30. The van der Waals surface area contributed by atoms with Crippen LogP contribution in [-0.2, 0) is 0 Å². The van der Waals surface area contributed by atoms with Gasteiger partial charge in [-0.15, -0.1) is 0 Å². The van der Waals surface area contributed by atoms with Crippen LogP contribution in [0.5, 0.6) is 11.5 Å². The van der Waals surface area contributed by atoms with Crippen molar-refractivity contribution in [3.8, 4) is 11.5 Å². The average molecular weight is 474 g/mol. The van der Waals surface area contributed by atoms with Crippen LogP contribution in [0.1, 0.15) is 35.0 Å². The molecule has 1 amide bonds. The normalized spacial score (nSPS) is 16.1. The molecule has 2 aromatic heterocycles. The van der Waals surface area contributed by atoms with Gasteiger partial charge in [-0.3, -0.25) is 4.79 Å². The minimum atomic E-state index is 0.00385. The number of para-hydroxylation sites is 2. The molecule has 0 unspecified atom stereocenters. The van der Waals surface area contributed by atoms with Gasteiger partial charge in [0.2, 0.25) is 0 Å². The summed E-state index contributed by atoms with van der Waals surface area (Å²) in [5, 5.41) is 0.685. The summed E-state index contributed by atoms with van der Waals surface area (Å²) in [4.78, 5) is 25.4. The number of ether oxygens (including phenoxy) is 2. The Labute approximate surface area is 201 Å². The molecule has 2 aliphatic rings. The summed E-state index contributed by atoms with van der Waals surface area (Å²) in [6.07, 6.45) is 3.36. The van der Waals surface area contributed by atoms with Crippen molar-refractivity contribution in [2.45, 2.75) is 28.7 Å². The van der Waals surface area contributed by atoms with Gasteiger partial charge in [0, 0.05) is 30.1 Å². The Balaban J connectivity index is 1.16. The fourth-order valence-electron chi connectivity index (χ4n) is 4.40. The lowest BCUT2D eigenvalue weighted by Gasteiger charge is -2.31. The number of aromatic nitrogens is 2. The smallest absolute Gasteiger partial charge is 0.256 e. The second kappa shape index (κ2) is 9.02. The maximum absolute atomic E-state index is 13.4. The second-order valence-corrected chi connectivity index (χ2v) is 9.41. The number of pyridine rings is 1. The van der Waals surface area contributed by atoms with Crippen LogP contribution in [0.25, 0.3) is 11.1 Å². The van der Waals surface area contributed by atoms with Gasteiger partial charge < -0.3 is 18.8 Å². The first-order chi connectivity index (χ1) is 16.7. The summed E-state index contributed by atoms with van der Waals surface area (Å²) < 4.78 is 17.3. The van der Waals surface area contributed by atoms with Crippen molar-refractivity contribution in [3.05, 3.63) is 72.2 Å². The van der Waals surface area contributed by atoms with Crippen molar-refractivity contribution < 1.29 is 18.7 Å². The molecule has 4 aromatic rings. The maximum atomic E-state index is 13.4. The van der Waals surface area contributed by atoms with E-state index in [2.05, 4.69) is 9.97 Å². The molecule has 1 saturated heterocycles. The van der Waals surface area contributed by atoms with Crippen LogP contribution >= 0.6 is 11.8 Å². The number of benzene rings is 2. The number of oxazole rings is 1. The predicted octanol–water partition coefficient (Wildman–Crippen LogP) is 5.17. The SMILES string of the molecule is O=C(c1cccnc1Sc1ccc2c(c1)OCCO2)N1CCC(c2nc3ccccc3o2)CC1. The molecule has 0 radical (unpaired) electrons. The first kappa shape index (κ1) is 21.0. The zero-order valence-electron chi connectivity index (χ0n) is 18.5. The van der Waals surface area contributed by atoms with Crippen LogP contribution < -0.4 is 9.47 Å². The second-order valence-electron chi connectivity index (χ2n) is 8.35. The lowest BCUT2D eigenvalue weighted by atomic mass is 9.96. The number of hydrogen-bond donors (Lipinski definition) is 0. The highest BCUT2D eigenvalue weighted by molar-refractivity contribution is 7.99. The molecule has 0 atom stereocenters. The highest BCUT2D eigenvalue weighted by atomic mass is 32.2. The Bertz CT molecular complexity index is 1310. The molecule has 4 heterocycles. The molecule has 172 valence electrons. The summed E-state index contributed by atoms with van der Waals surface area (Å²) >= 11 is 1.46. The van der Waals surface area contributed by atoms with Gasteiger partial charge in [0.15, 0.2) is 23.0 Å². The number of nitrogens with zero attached hydrogens (tertiary/aromatic N) is 3. The van der Waals surface area contributed by atoms with Crippen molar-refractivity contribution in [2.24, 2.45) is 0 Å². The molecule has 2 aromatic carbocycles. The Morgan fingerprint density at radius 3 is 2.65 bits per heavy atom. The minimum Gasteiger partial charge on any atom is -0.486 e. The molecule has 0 spiro atoms. The predicted molar refractivity (Wildman–Crippen MR) is 128 cm³/mol. The van der Waals surface area contributed by atoms with Crippen molar-refractivity contribution in [3.63, 3.8) is 0 Å². The van der Waals surface area contributed by atoms with Crippen LogP contribution in [0.15, 0.2) is 75.1 Å². The van der Waals surface area contributed by atoms with Gasteiger partial charge in [0.1, 0.15) is 23.8 Å². The van der Waals surface area contributed by atoms with Crippen molar-refractivity contribution in [1.29, 1.82) is 0 Å². The van der Waals surface area contributed by atoms with E-state index in [4.69, 9.17) is 13.9 Å². The summed E-state index contributed by atoms with van der Waals surface area (Å²) in [6.45, 7) is 2.41. The highest BCUT2D eigenvalue weighted by Gasteiger charge is 2.29. The number of piperidine rings is 1. The Hall–Kier alpha value is -3.52. The van der Waals surface area contributed by atoms with E-state index >= 15 is 0 Å². The van der Waals surface area contributed by atoms with Crippen LogP contribution in [-0.4, -0.2) is 47.1 Å². The van der Waals surface area contributed by atoms with Gasteiger partial charge >= 0.3 is 0 Å². The third-order valence-corrected chi connectivity index (χ3v) is 7.18. The number of fused-ring (bicyclic) bond motifs is 2. The lowest BCUT2D eigenvalue weighted by molar-refractivity contribution is 0.0702. The van der Waals surface area contributed by atoms with Gasteiger partial charge in [-0.2, -0.15) is 0 Å². The van der Waals surface area contributed by atoms with Crippen LogP contribution in [0, 0.1) is 0 Å². The first-order valence-electron chi connectivity index (χ1n) is 11.4. The lowest BCUT2D eigenvalue weighted by Crippen LogP contribution is -2.38. The standard InChI is InChI=1S/C26H23N3O4S/c30-26(29-12-9-17(10-13-29)24-28-20-5-1-2-6-21(20)33-24)19-4-3-11-27-25(19)34-18-7-8-22-23(16-18)32-15-14-31-22/h1-8,11,16-17H,9-10,12-15H2. The third kappa shape index (κ3) is 4.09. The number of amides is 1. The van der Waals surface area contributed by atoms with E-state index < -0.39 is 0 Å². The van der Waals surface area contributed by atoms with Gasteiger partial charge in [-0.05, 0) is 55.3 Å². The number of likely N-dealkylation sites (tertiary alicyclic amines) is 1. The van der Waals surface area contributed by atoms with Gasteiger partial charge in [-0.25, -0.2) is 9.97 Å². The number of carbonyl (C=O) groups excluding carboxylic acids is 1. The Morgan fingerprint density at radius 2 is 1.79 bits per heavy atom. The van der Waals surface area contributed by atoms with Gasteiger partial charge in [-0.1, -0.05) is 23.9 Å². The van der Waals surface area contributed by atoms with E-state index in [-0.39, 0.29) is 11.8 Å². The number of hydrogen-bond acceptors (Lipinski definition) is 7. The molecule has 0 bridgehead atoms. The Kier molecular flexibility index (Phi) is 5.58. The van der Waals surface area contributed by atoms with Crippen molar-refractivity contribution in [1.82, 2.24) is 14.9 Å². The molecule has 0 saturated carbocycles. The third-order valence-electron chi connectivity index (χ3n) is 6.17. The van der Waals surface area contributed by atoms with Crippen LogP contribution in [0.4, 0.5) is 0 Å². The van der Waals surface area contributed by atoms with Gasteiger partial charge in [0.05, 0.1) is 5.56 Å². The minimum absolute atomic E-state index is 0.00385. The maximum Gasteiger partial charge on any atom is 0.256 e. The summed E-state index contributed by atoms with van der Waals surface area (Å²) in [5.74, 6) is 2.46. The van der Waals surface area contributed by atoms with E-state index in [0.29, 0.717) is 36.9 Å². The monoisotopic (exact) mass is 473 g/mol. The van der Waals surface area contributed by atoms with Crippen molar-refractivity contribution in [2.75, 3.05) is 26.3 Å². The molecule has 1 fully saturated rings. The van der Waals surface area contributed by atoms with Crippen LogP contribution in [0.3, 0.4) is 0 Å². The molecule has 0 N–H and O–H groups in total. The molecule has 8 heteroatoms. The molecule has 0 aliphatic carbocycles. The average Bonchev–Trinajstić information content (AvgIpc) is 3.33. The summed E-state index contributed by atoms with van der Waals surface area (Å²) in [6, 6.07) is 17.3.